The van der Waals surface area contributed by atoms with Gasteiger partial charge in [0, 0.05) is 16.5 Å². The molecule has 3 atom stereocenters. The highest BCUT2D eigenvalue weighted by Gasteiger charge is 2.33. The fourth-order valence-electron chi connectivity index (χ4n) is 4.33. The summed E-state index contributed by atoms with van der Waals surface area (Å²) >= 11 is 1.31. The SMILES string of the molecule is CC1CCCC(NC(=O)CN2C(=O)C(=Cc3ccccc3F)Sc3ccccc32)C1C. The molecule has 0 saturated heterocycles. The molecule has 6 heteroatoms. The molecule has 3 unspecified atom stereocenters. The van der Waals surface area contributed by atoms with Gasteiger partial charge in [-0.25, -0.2) is 4.39 Å². The number of carbonyl (C=O) groups is 2. The Hall–Kier alpha value is -2.60. The highest BCUT2D eigenvalue weighted by Crippen LogP contribution is 2.42. The Kier molecular flexibility index (Phi) is 6.46. The first-order valence-electron chi connectivity index (χ1n) is 10.8. The Balaban J connectivity index is 1.58. The molecular formula is C25H27FN2O2S. The molecule has 1 N–H and O–H groups in total. The Bertz CT molecular complexity index is 1020. The zero-order valence-electron chi connectivity index (χ0n) is 17.8. The Labute approximate surface area is 186 Å². The minimum absolute atomic E-state index is 0.0530. The van der Waals surface area contributed by atoms with Crippen molar-refractivity contribution >= 4 is 35.3 Å². The summed E-state index contributed by atoms with van der Waals surface area (Å²) in [5.41, 5.74) is 1.07. The summed E-state index contributed by atoms with van der Waals surface area (Å²) in [6, 6.07) is 14.0. The second kappa shape index (κ2) is 9.27. The molecule has 2 aromatic rings. The number of hydrogen-bond donors (Lipinski definition) is 1. The third-order valence-corrected chi connectivity index (χ3v) is 7.46. The van der Waals surface area contributed by atoms with Gasteiger partial charge in [0.25, 0.3) is 5.91 Å². The van der Waals surface area contributed by atoms with E-state index in [2.05, 4.69) is 19.2 Å². The van der Waals surface area contributed by atoms with Crippen LogP contribution in [0.4, 0.5) is 10.1 Å². The fraction of sp³-hybridized carbons (Fsp3) is 0.360. The molecule has 0 bridgehead atoms. The summed E-state index contributed by atoms with van der Waals surface area (Å²) in [7, 11) is 0. The van der Waals surface area contributed by atoms with Gasteiger partial charge in [-0.1, -0.05) is 68.8 Å². The lowest BCUT2D eigenvalue weighted by Gasteiger charge is -2.35. The van der Waals surface area contributed by atoms with E-state index >= 15 is 0 Å². The van der Waals surface area contributed by atoms with Crippen LogP contribution in [0.15, 0.2) is 58.3 Å². The predicted molar refractivity (Wildman–Crippen MR) is 123 cm³/mol. The van der Waals surface area contributed by atoms with Gasteiger partial charge in [0.2, 0.25) is 5.91 Å². The molecule has 0 aromatic heterocycles. The van der Waals surface area contributed by atoms with Crippen LogP contribution in [-0.4, -0.2) is 24.4 Å². The lowest BCUT2D eigenvalue weighted by molar-refractivity contribution is -0.123. The van der Waals surface area contributed by atoms with Gasteiger partial charge in [-0.15, -0.1) is 0 Å². The van der Waals surface area contributed by atoms with Crippen LogP contribution >= 0.6 is 11.8 Å². The fourth-order valence-corrected chi connectivity index (χ4v) is 5.38. The average molecular weight is 439 g/mol. The molecule has 1 aliphatic carbocycles. The number of fused-ring (bicyclic) bond motifs is 1. The molecule has 1 saturated carbocycles. The maximum absolute atomic E-state index is 14.2. The van der Waals surface area contributed by atoms with Crippen molar-refractivity contribution in [2.24, 2.45) is 11.8 Å². The molecule has 31 heavy (non-hydrogen) atoms. The lowest BCUT2D eigenvalue weighted by atomic mass is 9.78. The van der Waals surface area contributed by atoms with Crippen LogP contribution in [0.3, 0.4) is 0 Å². The van der Waals surface area contributed by atoms with Crippen LogP contribution in [-0.2, 0) is 9.59 Å². The van der Waals surface area contributed by atoms with Crippen molar-refractivity contribution in [2.45, 2.75) is 44.0 Å². The van der Waals surface area contributed by atoms with E-state index < -0.39 is 0 Å². The van der Waals surface area contributed by atoms with E-state index in [9.17, 15) is 14.0 Å². The molecule has 0 spiro atoms. The molecule has 162 valence electrons. The normalized spacial score (nSPS) is 24.7. The van der Waals surface area contributed by atoms with Gasteiger partial charge in [0.05, 0.1) is 10.6 Å². The third kappa shape index (κ3) is 4.69. The van der Waals surface area contributed by atoms with Crippen LogP contribution in [0, 0.1) is 17.7 Å². The monoisotopic (exact) mass is 438 g/mol. The minimum Gasteiger partial charge on any atom is -0.352 e. The van der Waals surface area contributed by atoms with E-state index in [0.29, 0.717) is 28.0 Å². The summed E-state index contributed by atoms with van der Waals surface area (Å²) in [5, 5.41) is 3.15. The second-order valence-electron chi connectivity index (χ2n) is 8.43. The Morgan fingerprint density at radius 2 is 1.90 bits per heavy atom. The van der Waals surface area contributed by atoms with Crippen LogP contribution in [0.2, 0.25) is 0 Å². The van der Waals surface area contributed by atoms with Crippen LogP contribution in [0.25, 0.3) is 6.08 Å². The molecule has 4 nitrogen and oxygen atoms in total. The zero-order valence-corrected chi connectivity index (χ0v) is 18.6. The Morgan fingerprint density at radius 1 is 1.16 bits per heavy atom. The van der Waals surface area contributed by atoms with Gasteiger partial charge in [0.15, 0.2) is 0 Å². The molecule has 1 fully saturated rings. The number of benzene rings is 2. The first-order valence-corrected chi connectivity index (χ1v) is 11.6. The molecule has 4 rings (SSSR count). The number of carbonyl (C=O) groups excluding carboxylic acids is 2. The quantitative estimate of drug-likeness (QED) is 0.664. The van der Waals surface area contributed by atoms with E-state index in [-0.39, 0.29) is 30.2 Å². The summed E-state index contributed by atoms with van der Waals surface area (Å²) in [6.45, 7) is 4.36. The number of halogens is 1. The molecule has 1 heterocycles. The van der Waals surface area contributed by atoms with E-state index in [1.165, 1.54) is 29.1 Å². The van der Waals surface area contributed by atoms with Crippen molar-refractivity contribution < 1.29 is 14.0 Å². The number of anilines is 1. The summed E-state index contributed by atoms with van der Waals surface area (Å²) in [6.07, 6.45) is 4.82. The molecule has 1 aliphatic heterocycles. The topological polar surface area (TPSA) is 49.4 Å². The first-order chi connectivity index (χ1) is 14.9. The van der Waals surface area contributed by atoms with Crippen LogP contribution < -0.4 is 10.2 Å². The van der Waals surface area contributed by atoms with Gasteiger partial charge in [0.1, 0.15) is 12.4 Å². The number of amides is 2. The number of nitrogens with zero attached hydrogens (tertiary/aromatic N) is 1. The minimum atomic E-state index is -0.382. The summed E-state index contributed by atoms with van der Waals surface area (Å²) in [4.78, 5) is 29.0. The smallest absolute Gasteiger partial charge is 0.265 e. The van der Waals surface area contributed by atoms with E-state index in [1.807, 2.05) is 24.3 Å². The van der Waals surface area contributed by atoms with Crippen molar-refractivity contribution in [3.63, 3.8) is 0 Å². The summed E-state index contributed by atoms with van der Waals surface area (Å²) < 4.78 is 14.2. The van der Waals surface area contributed by atoms with Crippen LogP contribution in [0.5, 0.6) is 0 Å². The predicted octanol–water partition coefficient (Wildman–Crippen LogP) is 5.25. The largest absolute Gasteiger partial charge is 0.352 e. The number of para-hydroxylation sites is 1. The molecule has 0 radical (unpaired) electrons. The molecule has 2 aliphatic rings. The van der Waals surface area contributed by atoms with Gasteiger partial charge in [-0.2, -0.15) is 0 Å². The molecule has 2 aromatic carbocycles. The number of hydrogen-bond acceptors (Lipinski definition) is 3. The number of nitrogens with one attached hydrogen (secondary N) is 1. The van der Waals surface area contributed by atoms with E-state index in [4.69, 9.17) is 0 Å². The Morgan fingerprint density at radius 3 is 2.71 bits per heavy atom. The number of rotatable bonds is 4. The maximum atomic E-state index is 14.2. The summed E-state index contributed by atoms with van der Waals surface area (Å²) in [5.74, 6) is 0.155. The van der Waals surface area contributed by atoms with Gasteiger partial charge in [-0.05, 0) is 42.5 Å². The molecule has 2 amide bonds. The lowest BCUT2D eigenvalue weighted by Crippen LogP contribution is -2.49. The standard InChI is InChI=1S/C25H27FN2O2S/c1-16-8-7-11-20(17(16)2)27-24(29)15-28-21-12-5-6-13-22(21)31-23(25(28)30)14-18-9-3-4-10-19(18)26/h3-6,9-10,12-14,16-17,20H,7-8,11,15H2,1-2H3,(H,27,29). The zero-order chi connectivity index (χ0) is 22.0. The maximum Gasteiger partial charge on any atom is 0.265 e. The first kappa shape index (κ1) is 21.6. The van der Waals surface area contributed by atoms with Gasteiger partial charge < -0.3 is 5.32 Å². The van der Waals surface area contributed by atoms with Gasteiger partial charge in [-0.3, -0.25) is 14.5 Å². The van der Waals surface area contributed by atoms with Crippen LogP contribution in [0.1, 0.15) is 38.7 Å². The van der Waals surface area contributed by atoms with Crippen molar-refractivity contribution in [3.05, 3.63) is 64.8 Å². The second-order valence-corrected chi connectivity index (χ2v) is 9.52. The van der Waals surface area contributed by atoms with Gasteiger partial charge >= 0.3 is 0 Å². The van der Waals surface area contributed by atoms with Crippen molar-refractivity contribution in [3.8, 4) is 0 Å². The highest BCUT2D eigenvalue weighted by atomic mass is 32.2. The van der Waals surface area contributed by atoms with E-state index in [1.54, 1.807) is 24.3 Å². The van der Waals surface area contributed by atoms with Crippen molar-refractivity contribution in [2.75, 3.05) is 11.4 Å². The van der Waals surface area contributed by atoms with E-state index in [0.717, 1.165) is 17.7 Å². The number of thioether (sulfide) groups is 1. The molecular weight excluding hydrogens is 411 g/mol. The van der Waals surface area contributed by atoms with Crippen molar-refractivity contribution in [1.29, 1.82) is 0 Å². The van der Waals surface area contributed by atoms with Crippen molar-refractivity contribution in [1.82, 2.24) is 5.32 Å². The highest BCUT2D eigenvalue weighted by molar-refractivity contribution is 8.04. The average Bonchev–Trinajstić information content (AvgIpc) is 2.76. The third-order valence-electron chi connectivity index (χ3n) is 6.38.